The van der Waals surface area contributed by atoms with Gasteiger partial charge in [-0.05, 0) is 25.1 Å². The van der Waals surface area contributed by atoms with Gasteiger partial charge in [0.25, 0.3) is 0 Å². The molecule has 78 valence electrons. The molecule has 0 unspecified atom stereocenters. The van der Waals surface area contributed by atoms with Crippen molar-refractivity contribution in [2.24, 2.45) is 5.73 Å². The molecule has 1 atom stereocenters. The zero-order chi connectivity index (χ0) is 10.8. The first-order chi connectivity index (χ1) is 7.18. The zero-order valence-corrected chi connectivity index (χ0v) is 9.15. The minimum absolute atomic E-state index is 0.0496. The molecule has 2 N–H and O–H groups in total. The molecule has 0 saturated heterocycles. The van der Waals surface area contributed by atoms with E-state index in [0.29, 0.717) is 5.02 Å². The second-order valence-electron chi connectivity index (χ2n) is 3.46. The molecule has 0 fully saturated rings. The summed E-state index contributed by atoms with van der Waals surface area (Å²) in [6.07, 6.45) is 3.51. The van der Waals surface area contributed by atoms with Crippen LogP contribution in [0.5, 0.6) is 0 Å². The summed E-state index contributed by atoms with van der Waals surface area (Å²) in [5.41, 5.74) is 7.79. The summed E-state index contributed by atoms with van der Waals surface area (Å²) in [4.78, 5) is 4.09. The van der Waals surface area contributed by atoms with Crippen LogP contribution in [0.1, 0.15) is 18.7 Å². The molecule has 3 nitrogen and oxygen atoms in total. The van der Waals surface area contributed by atoms with Crippen molar-refractivity contribution < 1.29 is 0 Å². The first kappa shape index (κ1) is 10.2. The molecule has 1 heterocycles. The van der Waals surface area contributed by atoms with Crippen LogP contribution in [0.15, 0.2) is 36.8 Å². The van der Waals surface area contributed by atoms with Crippen molar-refractivity contribution in [2.75, 3.05) is 0 Å². The van der Waals surface area contributed by atoms with E-state index in [4.69, 9.17) is 17.3 Å². The molecule has 0 spiro atoms. The monoisotopic (exact) mass is 221 g/mol. The molecule has 15 heavy (non-hydrogen) atoms. The number of nitrogens with zero attached hydrogens (tertiary/aromatic N) is 2. The highest BCUT2D eigenvalue weighted by molar-refractivity contribution is 6.30. The maximum Gasteiger partial charge on any atom is 0.0994 e. The van der Waals surface area contributed by atoms with Crippen molar-refractivity contribution in [3.05, 3.63) is 47.5 Å². The van der Waals surface area contributed by atoms with Crippen LogP contribution in [0.4, 0.5) is 0 Å². The Labute approximate surface area is 93.5 Å². The molecule has 2 aromatic rings. The van der Waals surface area contributed by atoms with E-state index in [2.05, 4.69) is 4.98 Å². The minimum Gasteiger partial charge on any atom is -0.323 e. The normalized spacial score (nSPS) is 12.7. The highest BCUT2D eigenvalue weighted by atomic mass is 35.5. The maximum absolute atomic E-state index is 5.93. The lowest BCUT2D eigenvalue weighted by Crippen LogP contribution is -2.10. The van der Waals surface area contributed by atoms with Crippen LogP contribution in [-0.4, -0.2) is 9.55 Å². The number of benzene rings is 1. The summed E-state index contributed by atoms with van der Waals surface area (Å²) in [6.45, 7) is 1.93. The second kappa shape index (κ2) is 4.04. The zero-order valence-electron chi connectivity index (χ0n) is 8.39. The van der Waals surface area contributed by atoms with Crippen molar-refractivity contribution in [3.8, 4) is 5.69 Å². The number of halogens is 1. The molecule has 1 aromatic heterocycles. The van der Waals surface area contributed by atoms with Crippen LogP contribution in [0, 0.1) is 0 Å². The quantitative estimate of drug-likeness (QED) is 0.847. The van der Waals surface area contributed by atoms with Gasteiger partial charge in [0.2, 0.25) is 0 Å². The van der Waals surface area contributed by atoms with E-state index in [1.54, 1.807) is 12.5 Å². The Bertz CT molecular complexity index is 462. The molecular formula is C11H12ClN3. The van der Waals surface area contributed by atoms with Crippen molar-refractivity contribution in [3.63, 3.8) is 0 Å². The third kappa shape index (κ3) is 2.03. The first-order valence-electron chi connectivity index (χ1n) is 4.72. The van der Waals surface area contributed by atoms with E-state index in [9.17, 15) is 0 Å². The Balaban J connectivity index is 2.49. The fraction of sp³-hybridized carbons (Fsp3) is 0.182. The fourth-order valence-electron chi connectivity index (χ4n) is 1.48. The number of hydrogen-bond donors (Lipinski definition) is 1. The Morgan fingerprint density at radius 3 is 2.93 bits per heavy atom. The van der Waals surface area contributed by atoms with Crippen molar-refractivity contribution >= 4 is 11.6 Å². The smallest absolute Gasteiger partial charge is 0.0994 e. The molecule has 1 aromatic carbocycles. The molecule has 2 rings (SSSR count). The van der Waals surface area contributed by atoms with Crippen LogP contribution < -0.4 is 5.73 Å². The Morgan fingerprint density at radius 1 is 1.47 bits per heavy atom. The molecule has 0 radical (unpaired) electrons. The molecule has 0 aliphatic carbocycles. The lowest BCUT2D eigenvalue weighted by molar-refractivity contribution is 0.752. The molecule has 4 heteroatoms. The number of rotatable bonds is 2. The topological polar surface area (TPSA) is 43.8 Å². The molecule has 0 aliphatic heterocycles. The lowest BCUT2D eigenvalue weighted by atomic mass is 10.2. The number of hydrogen-bond acceptors (Lipinski definition) is 2. The average molecular weight is 222 g/mol. The van der Waals surface area contributed by atoms with Gasteiger partial charge in [-0.15, -0.1) is 0 Å². The number of imidazole rings is 1. The van der Waals surface area contributed by atoms with Gasteiger partial charge in [-0.1, -0.05) is 17.7 Å². The van der Waals surface area contributed by atoms with Crippen molar-refractivity contribution in [1.29, 1.82) is 0 Å². The molecule has 0 bridgehead atoms. The molecule has 0 amide bonds. The lowest BCUT2D eigenvalue weighted by Gasteiger charge is -2.10. The van der Waals surface area contributed by atoms with Crippen LogP contribution in [0.3, 0.4) is 0 Å². The SMILES string of the molecule is C[C@@H](N)c1cncn1-c1cccc(Cl)c1. The molecular weight excluding hydrogens is 210 g/mol. The van der Waals surface area contributed by atoms with E-state index in [1.165, 1.54) is 0 Å². The Kier molecular flexibility index (Phi) is 2.75. The van der Waals surface area contributed by atoms with Gasteiger partial charge in [0.1, 0.15) is 0 Å². The molecule has 0 aliphatic rings. The maximum atomic E-state index is 5.93. The summed E-state index contributed by atoms with van der Waals surface area (Å²) < 4.78 is 1.94. The van der Waals surface area contributed by atoms with Gasteiger partial charge in [-0.3, -0.25) is 0 Å². The van der Waals surface area contributed by atoms with E-state index in [1.807, 2.05) is 35.8 Å². The van der Waals surface area contributed by atoms with Crippen LogP contribution in [-0.2, 0) is 0 Å². The van der Waals surface area contributed by atoms with E-state index in [-0.39, 0.29) is 6.04 Å². The van der Waals surface area contributed by atoms with Crippen LogP contribution in [0.25, 0.3) is 5.69 Å². The summed E-state index contributed by atoms with van der Waals surface area (Å²) in [6, 6.07) is 7.55. The second-order valence-corrected chi connectivity index (χ2v) is 3.89. The van der Waals surface area contributed by atoms with Gasteiger partial charge in [0, 0.05) is 16.8 Å². The summed E-state index contributed by atoms with van der Waals surface area (Å²) >= 11 is 5.93. The van der Waals surface area contributed by atoms with Gasteiger partial charge in [0.05, 0.1) is 18.2 Å². The van der Waals surface area contributed by atoms with Gasteiger partial charge in [-0.25, -0.2) is 4.98 Å². The number of aromatic nitrogens is 2. The van der Waals surface area contributed by atoms with Crippen molar-refractivity contribution in [2.45, 2.75) is 13.0 Å². The summed E-state index contributed by atoms with van der Waals surface area (Å²) in [5.74, 6) is 0. The van der Waals surface area contributed by atoms with Gasteiger partial charge in [-0.2, -0.15) is 0 Å². The van der Waals surface area contributed by atoms with Crippen LogP contribution >= 0.6 is 11.6 Å². The summed E-state index contributed by atoms with van der Waals surface area (Å²) in [7, 11) is 0. The average Bonchev–Trinajstić information content (AvgIpc) is 2.65. The van der Waals surface area contributed by atoms with Crippen molar-refractivity contribution in [1.82, 2.24) is 9.55 Å². The Morgan fingerprint density at radius 2 is 2.27 bits per heavy atom. The fourth-order valence-corrected chi connectivity index (χ4v) is 1.67. The highest BCUT2D eigenvalue weighted by Gasteiger charge is 2.07. The van der Waals surface area contributed by atoms with Gasteiger partial charge < -0.3 is 10.3 Å². The predicted octanol–water partition coefficient (Wildman–Crippen LogP) is 2.55. The molecule has 0 saturated carbocycles. The third-order valence-electron chi connectivity index (χ3n) is 2.22. The highest BCUT2D eigenvalue weighted by Crippen LogP contribution is 2.18. The van der Waals surface area contributed by atoms with E-state index in [0.717, 1.165) is 11.4 Å². The van der Waals surface area contributed by atoms with E-state index >= 15 is 0 Å². The minimum atomic E-state index is -0.0496. The van der Waals surface area contributed by atoms with Gasteiger partial charge >= 0.3 is 0 Å². The predicted molar refractivity (Wildman–Crippen MR) is 61.2 cm³/mol. The third-order valence-corrected chi connectivity index (χ3v) is 2.46. The first-order valence-corrected chi connectivity index (χ1v) is 5.10. The van der Waals surface area contributed by atoms with E-state index < -0.39 is 0 Å². The van der Waals surface area contributed by atoms with Gasteiger partial charge in [0.15, 0.2) is 0 Å². The Hall–Kier alpha value is -1.32. The summed E-state index contributed by atoms with van der Waals surface area (Å²) in [5, 5.41) is 0.705. The standard InChI is InChI=1S/C11H12ClN3/c1-8(13)11-6-14-7-15(11)10-4-2-3-9(12)5-10/h2-8H,13H2,1H3/t8-/m1/s1. The number of nitrogens with two attached hydrogens (primary N) is 1. The van der Waals surface area contributed by atoms with Crippen LogP contribution in [0.2, 0.25) is 5.02 Å². The largest absolute Gasteiger partial charge is 0.323 e.